The molecule has 3 nitrogen and oxygen atoms in total. The highest BCUT2D eigenvalue weighted by Crippen LogP contribution is 2.45. The van der Waals surface area contributed by atoms with E-state index in [0.29, 0.717) is 29.9 Å². The third-order valence-corrected chi connectivity index (χ3v) is 5.27. The Morgan fingerprint density at radius 2 is 1.90 bits per heavy atom. The average Bonchev–Trinajstić information content (AvgIpc) is 2.87. The molecule has 0 radical (unpaired) electrons. The van der Waals surface area contributed by atoms with Gasteiger partial charge < -0.3 is 14.2 Å². The number of hydrogen-bond acceptors (Lipinski definition) is 3. The highest BCUT2D eigenvalue weighted by atomic mass is 79.9. The van der Waals surface area contributed by atoms with Crippen molar-refractivity contribution in [3.63, 3.8) is 0 Å². The Morgan fingerprint density at radius 1 is 1.29 bits per heavy atom. The Morgan fingerprint density at radius 3 is 2.43 bits per heavy atom. The van der Waals surface area contributed by atoms with Gasteiger partial charge in [0.1, 0.15) is 0 Å². The summed E-state index contributed by atoms with van der Waals surface area (Å²) in [6, 6.07) is 3.83. The molecule has 0 spiro atoms. The van der Waals surface area contributed by atoms with E-state index in [1.165, 1.54) is 0 Å². The van der Waals surface area contributed by atoms with Crippen LogP contribution in [0, 0.1) is 5.92 Å². The number of halogens is 2. The van der Waals surface area contributed by atoms with Crippen LogP contribution in [0.5, 0.6) is 11.5 Å². The topological polar surface area (TPSA) is 27.7 Å². The van der Waals surface area contributed by atoms with E-state index in [9.17, 15) is 0 Å². The van der Waals surface area contributed by atoms with Crippen LogP contribution in [0.4, 0.5) is 0 Å². The Bertz CT molecular complexity index is 481. The number of benzene rings is 1. The van der Waals surface area contributed by atoms with E-state index >= 15 is 0 Å². The van der Waals surface area contributed by atoms with Gasteiger partial charge in [0, 0.05) is 28.4 Å². The van der Waals surface area contributed by atoms with Crippen molar-refractivity contribution in [1.29, 1.82) is 0 Å². The molecule has 1 saturated heterocycles. The average molecular weight is 378 g/mol. The summed E-state index contributed by atoms with van der Waals surface area (Å²) in [7, 11) is 0. The van der Waals surface area contributed by atoms with Crippen LogP contribution in [0.25, 0.3) is 0 Å². The standard InChI is InChI=1S/C16H22BrClO3/c1-4-19-14-8-12(13(18)9-15(14)20-5-2)16(17)11-6-7-21-10(11)3/h8-11,16H,4-7H2,1-3H3. The van der Waals surface area contributed by atoms with Crippen LogP contribution in [0.15, 0.2) is 12.1 Å². The normalized spacial score (nSPS) is 23.1. The second-order valence-electron chi connectivity index (χ2n) is 5.12. The highest BCUT2D eigenvalue weighted by Gasteiger charge is 2.33. The number of hydrogen-bond donors (Lipinski definition) is 0. The zero-order chi connectivity index (χ0) is 15.4. The molecule has 5 heteroatoms. The SMILES string of the molecule is CCOc1cc(Cl)c(C(Br)C2CCOC2C)cc1OCC. The molecule has 1 fully saturated rings. The molecule has 3 unspecified atom stereocenters. The maximum atomic E-state index is 6.45. The van der Waals surface area contributed by atoms with Gasteiger partial charge in [0.2, 0.25) is 0 Å². The molecule has 0 saturated carbocycles. The van der Waals surface area contributed by atoms with Crippen LogP contribution in [0.1, 0.15) is 37.6 Å². The molecule has 0 N–H and O–H groups in total. The van der Waals surface area contributed by atoms with Gasteiger partial charge >= 0.3 is 0 Å². The van der Waals surface area contributed by atoms with Crippen molar-refractivity contribution in [2.75, 3.05) is 19.8 Å². The van der Waals surface area contributed by atoms with Gasteiger partial charge in [-0.05, 0) is 38.8 Å². The van der Waals surface area contributed by atoms with Crippen molar-refractivity contribution in [1.82, 2.24) is 0 Å². The van der Waals surface area contributed by atoms with Gasteiger partial charge in [0.15, 0.2) is 11.5 Å². The van der Waals surface area contributed by atoms with E-state index < -0.39 is 0 Å². The lowest BCUT2D eigenvalue weighted by atomic mass is 9.93. The van der Waals surface area contributed by atoms with E-state index in [-0.39, 0.29) is 10.9 Å². The largest absolute Gasteiger partial charge is 0.490 e. The molecule has 0 bridgehead atoms. The molecule has 1 aliphatic rings. The fourth-order valence-electron chi connectivity index (χ4n) is 2.66. The molecule has 21 heavy (non-hydrogen) atoms. The predicted octanol–water partition coefficient (Wildman–Crippen LogP) is 5.00. The Balaban J connectivity index is 2.31. The van der Waals surface area contributed by atoms with Gasteiger partial charge in [-0.25, -0.2) is 0 Å². The molecule has 1 aliphatic heterocycles. The molecule has 3 atom stereocenters. The molecule has 0 aromatic heterocycles. The predicted molar refractivity (Wildman–Crippen MR) is 89.0 cm³/mol. The van der Waals surface area contributed by atoms with Crippen LogP contribution >= 0.6 is 27.5 Å². The minimum absolute atomic E-state index is 0.150. The first-order chi connectivity index (χ1) is 10.1. The maximum Gasteiger partial charge on any atom is 0.162 e. The molecule has 1 heterocycles. The number of alkyl halides is 1. The lowest BCUT2D eigenvalue weighted by Crippen LogP contribution is -2.16. The van der Waals surface area contributed by atoms with Gasteiger partial charge in [-0.1, -0.05) is 27.5 Å². The first kappa shape index (κ1) is 16.9. The fraction of sp³-hybridized carbons (Fsp3) is 0.625. The van der Waals surface area contributed by atoms with Crippen LogP contribution in [0.3, 0.4) is 0 Å². The van der Waals surface area contributed by atoms with E-state index in [4.69, 9.17) is 25.8 Å². The van der Waals surface area contributed by atoms with Crippen molar-refractivity contribution < 1.29 is 14.2 Å². The zero-order valence-corrected chi connectivity index (χ0v) is 15.0. The summed E-state index contributed by atoms with van der Waals surface area (Å²) in [6.07, 6.45) is 1.26. The Hall–Kier alpha value is -0.450. The van der Waals surface area contributed by atoms with Gasteiger partial charge in [-0.2, -0.15) is 0 Å². The van der Waals surface area contributed by atoms with Crippen LogP contribution in [-0.2, 0) is 4.74 Å². The third kappa shape index (κ3) is 3.85. The quantitative estimate of drug-likeness (QED) is 0.653. The van der Waals surface area contributed by atoms with Crippen LogP contribution < -0.4 is 9.47 Å². The summed E-state index contributed by atoms with van der Waals surface area (Å²) in [5.41, 5.74) is 1.03. The first-order valence-corrected chi connectivity index (χ1v) is 8.72. The smallest absolute Gasteiger partial charge is 0.162 e. The summed E-state index contributed by atoms with van der Waals surface area (Å²) in [5, 5.41) is 0.697. The monoisotopic (exact) mass is 376 g/mol. The molecular formula is C16H22BrClO3. The molecular weight excluding hydrogens is 356 g/mol. The summed E-state index contributed by atoms with van der Waals surface area (Å²) in [5.74, 6) is 1.85. The molecule has 118 valence electrons. The van der Waals surface area contributed by atoms with E-state index in [1.54, 1.807) is 0 Å². The Labute approximate surface area is 140 Å². The molecule has 0 aliphatic carbocycles. The van der Waals surface area contributed by atoms with Gasteiger partial charge in [0.25, 0.3) is 0 Å². The minimum Gasteiger partial charge on any atom is -0.490 e. The van der Waals surface area contributed by atoms with Crippen molar-refractivity contribution in [2.45, 2.75) is 38.1 Å². The first-order valence-electron chi connectivity index (χ1n) is 7.43. The van der Waals surface area contributed by atoms with E-state index in [1.807, 2.05) is 26.0 Å². The number of ether oxygens (including phenoxy) is 3. The third-order valence-electron chi connectivity index (χ3n) is 3.77. The maximum absolute atomic E-state index is 6.45. The molecule has 0 amide bonds. The molecule has 2 rings (SSSR count). The minimum atomic E-state index is 0.150. The van der Waals surface area contributed by atoms with Crippen molar-refractivity contribution in [2.24, 2.45) is 5.92 Å². The van der Waals surface area contributed by atoms with Crippen molar-refractivity contribution in [3.05, 3.63) is 22.7 Å². The summed E-state index contributed by atoms with van der Waals surface area (Å²) < 4.78 is 17.0. The Kier molecular flexibility index (Phi) is 6.20. The molecule has 1 aromatic rings. The summed E-state index contributed by atoms with van der Waals surface area (Å²) >= 11 is 10.2. The number of rotatable bonds is 6. The van der Waals surface area contributed by atoms with Crippen molar-refractivity contribution >= 4 is 27.5 Å². The van der Waals surface area contributed by atoms with Gasteiger partial charge in [0.05, 0.1) is 19.3 Å². The fourth-order valence-corrected chi connectivity index (χ4v) is 4.14. The van der Waals surface area contributed by atoms with Gasteiger partial charge in [-0.15, -0.1) is 0 Å². The summed E-state index contributed by atoms with van der Waals surface area (Å²) in [4.78, 5) is 0.150. The highest BCUT2D eigenvalue weighted by molar-refractivity contribution is 9.09. The van der Waals surface area contributed by atoms with Gasteiger partial charge in [-0.3, -0.25) is 0 Å². The summed E-state index contributed by atoms with van der Waals surface area (Å²) in [6.45, 7) is 8.00. The second kappa shape index (κ2) is 7.70. The lowest BCUT2D eigenvalue weighted by molar-refractivity contribution is 0.105. The van der Waals surface area contributed by atoms with Crippen molar-refractivity contribution in [3.8, 4) is 11.5 Å². The molecule has 1 aromatic carbocycles. The zero-order valence-electron chi connectivity index (χ0n) is 12.7. The van der Waals surface area contributed by atoms with E-state index in [2.05, 4.69) is 22.9 Å². The van der Waals surface area contributed by atoms with Crippen LogP contribution in [-0.4, -0.2) is 25.9 Å². The lowest BCUT2D eigenvalue weighted by Gasteiger charge is -2.23. The second-order valence-corrected chi connectivity index (χ2v) is 6.51. The van der Waals surface area contributed by atoms with E-state index in [0.717, 1.165) is 24.3 Å². The van der Waals surface area contributed by atoms with Crippen LogP contribution in [0.2, 0.25) is 5.02 Å².